The number of fused-ring (bicyclic) bond motifs is 3. The average molecular weight is 633 g/mol. The number of nitrogens with two attached hydrogens (primary N) is 1. The standard InChI is InChI=1S/C32H41ClN2O7S/c1-31(19-41-2,43(34,39)40)13-4-6-28(36)25-10-7-23(25)17-35-18-32(14-3-5-21-15-24(33)9-11-26(21)32)20-42-29-12-8-22(30(37)38)16-27(29)35/h4,6,8-9,11-12,15-16,23,25,28,36H,3,5,7,10,13-14,17-20H2,1-2H3,(H,37,38)(H2,34,39,40)/b6-4+/t23-,25+,28?,31?,32-/m0/s1. The molecule has 43 heavy (non-hydrogen) atoms. The first-order valence-electron chi connectivity index (χ1n) is 14.8. The molecule has 1 saturated carbocycles. The van der Waals surface area contributed by atoms with Crippen molar-refractivity contribution in [1.29, 1.82) is 0 Å². The SMILES string of the molecule is COCC(C)(C/C=C/C(O)[C@@H]1CC[C@H]1CN1C[C@@]2(CCCc3cc(Cl)ccc32)COc2ccc(C(=O)O)cc21)S(N)(=O)=O. The summed E-state index contributed by atoms with van der Waals surface area (Å²) in [5.41, 5.74) is 3.10. The Morgan fingerprint density at radius 3 is 2.77 bits per heavy atom. The molecule has 1 spiro atoms. The smallest absolute Gasteiger partial charge is 0.335 e. The highest BCUT2D eigenvalue weighted by atomic mass is 35.5. The molecule has 5 rings (SSSR count). The number of aryl methyl sites for hydroxylation is 1. The maximum Gasteiger partial charge on any atom is 0.335 e. The van der Waals surface area contributed by atoms with E-state index in [1.54, 1.807) is 30.4 Å². The van der Waals surface area contributed by atoms with Crippen LogP contribution in [0.3, 0.4) is 0 Å². The Labute approximate surface area is 258 Å². The van der Waals surface area contributed by atoms with Crippen LogP contribution in [0.15, 0.2) is 48.6 Å². The van der Waals surface area contributed by atoms with E-state index in [4.69, 9.17) is 26.2 Å². The molecule has 0 saturated heterocycles. The number of anilines is 1. The number of carboxylic acids is 1. The van der Waals surface area contributed by atoms with Gasteiger partial charge in [0, 0.05) is 30.6 Å². The average Bonchev–Trinajstić information content (AvgIpc) is 3.07. The van der Waals surface area contributed by atoms with Crippen molar-refractivity contribution in [3.05, 3.63) is 70.3 Å². The molecule has 1 aliphatic heterocycles. The summed E-state index contributed by atoms with van der Waals surface area (Å²) in [5.74, 6) is -0.225. The molecule has 2 aliphatic carbocycles. The number of primary sulfonamides is 1. The quantitative estimate of drug-likeness (QED) is 0.325. The predicted molar refractivity (Wildman–Crippen MR) is 167 cm³/mol. The van der Waals surface area contributed by atoms with E-state index in [0.717, 1.165) is 37.8 Å². The fourth-order valence-corrected chi connectivity index (χ4v) is 7.77. The zero-order valence-corrected chi connectivity index (χ0v) is 26.2. The van der Waals surface area contributed by atoms with Gasteiger partial charge < -0.3 is 24.6 Å². The van der Waals surface area contributed by atoms with E-state index in [1.807, 2.05) is 12.1 Å². The Kier molecular flexibility index (Phi) is 9.17. The molecule has 3 aliphatic rings. The molecule has 1 heterocycles. The second kappa shape index (κ2) is 12.4. The first kappa shape index (κ1) is 31.8. The van der Waals surface area contributed by atoms with Gasteiger partial charge in [0.25, 0.3) is 0 Å². The van der Waals surface area contributed by atoms with E-state index in [-0.39, 0.29) is 35.8 Å². The minimum Gasteiger partial charge on any atom is -0.490 e. The number of ether oxygens (including phenoxy) is 2. The zero-order chi connectivity index (χ0) is 31.0. The van der Waals surface area contributed by atoms with E-state index in [2.05, 4.69) is 11.0 Å². The molecule has 4 N–H and O–H groups in total. The Morgan fingerprint density at radius 1 is 1.30 bits per heavy atom. The molecule has 2 aromatic carbocycles. The third-order valence-electron chi connectivity index (χ3n) is 9.67. The second-order valence-electron chi connectivity index (χ2n) is 12.6. The van der Waals surface area contributed by atoms with Crippen molar-refractivity contribution in [2.24, 2.45) is 17.0 Å². The van der Waals surface area contributed by atoms with Gasteiger partial charge in [0.05, 0.1) is 30.6 Å². The van der Waals surface area contributed by atoms with Crippen LogP contribution in [0.2, 0.25) is 5.02 Å². The van der Waals surface area contributed by atoms with Crippen LogP contribution in [0, 0.1) is 11.8 Å². The van der Waals surface area contributed by atoms with E-state index in [1.165, 1.54) is 25.2 Å². The summed E-state index contributed by atoms with van der Waals surface area (Å²) in [6.45, 7) is 3.23. The number of hydrogen-bond acceptors (Lipinski definition) is 7. The number of aromatic carboxylic acids is 1. The van der Waals surface area contributed by atoms with Crippen LogP contribution >= 0.6 is 11.6 Å². The number of carboxylic acid groups (broad SMARTS) is 1. The number of hydrogen-bond donors (Lipinski definition) is 3. The highest BCUT2D eigenvalue weighted by molar-refractivity contribution is 7.90. The first-order chi connectivity index (χ1) is 20.4. The molecule has 2 unspecified atom stereocenters. The summed E-state index contributed by atoms with van der Waals surface area (Å²) < 4.78 is 34.5. The minimum absolute atomic E-state index is 0.0249. The van der Waals surface area contributed by atoms with Crippen LogP contribution < -0.4 is 14.8 Å². The van der Waals surface area contributed by atoms with Crippen LogP contribution in [0.25, 0.3) is 0 Å². The summed E-state index contributed by atoms with van der Waals surface area (Å²) in [6.07, 6.45) is 7.33. The monoisotopic (exact) mass is 632 g/mol. The Hall–Kier alpha value is -2.63. The number of aliphatic hydroxyl groups is 1. The van der Waals surface area contributed by atoms with Gasteiger partial charge in [-0.3, -0.25) is 0 Å². The molecule has 2 aromatic rings. The van der Waals surface area contributed by atoms with Gasteiger partial charge in [-0.25, -0.2) is 18.4 Å². The lowest BCUT2D eigenvalue weighted by atomic mass is 9.68. The lowest BCUT2D eigenvalue weighted by Crippen LogP contribution is -2.49. The first-order valence-corrected chi connectivity index (χ1v) is 16.7. The van der Waals surface area contributed by atoms with Crippen LogP contribution in [0.5, 0.6) is 5.75 Å². The van der Waals surface area contributed by atoms with Crippen molar-refractivity contribution < 1.29 is 32.9 Å². The summed E-state index contributed by atoms with van der Waals surface area (Å²) >= 11 is 6.36. The van der Waals surface area contributed by atoms with E-state index in [9.17, 15) is 23.4 Å². The van der Waals surface area contributed by atoms with Crippen molar-refractivity contribution in [2.45, 2.75) is 61.7 Å². The second-order valence-corrected chi connectivity index (χ2v) is 15.2. The number of allylic oxidation sites excluding steroid dienone is 1. The fraction of sp³-hybridized carbons (Fsp3) is 0.531. The maximum atomic E-state index is 12.2. The molecule has 9 nitrogen and oxygen atoms in total. The van der Waals surface area contributed by atoms with Crippen molar-refractivity contribution in [1.82, 2.24) is 0 Å². The van der Waals surface area contributed by atoms with Crippen LogP contribution in [0.1, 0.15) is 60.5 Å². The van der Waals surface area contributed by atoms with Gasteiger partial charge in [0.2, 0.25) is 10.0 Å². The number of sulfonamides is 1. The Morgan fingerprint density at radius 2 is 2.09 bits per heavy atom. The third-order valence-corrected chi connectivity index (χ3v) is 11.6. The Bertz CT molecular complexity index is 1500. The van der Waals surface area contributed by atoms with Crippen molar-refractivity contribution in [3.8, 4) is 5.75 Å². The zero-order valence-electron chi connectivity index (χ0n) is 24.7. The molecule has 0 radical (unpaired) electrons. The molecule has 0 amide bonds. The van der Waals surface area contributed by atoms with Crippen molar-refractivity contribution in [2.75, 3.05) is 38.3 Å². The largest absolute Gasteiger partial charge is 0.490 e. The van der Waals surface area contributed by atoms with Gasteiger partial charge in [-0.15, -0.1) is 0 Å². The third kappa shape index (κ3) is 6.44. The highest BCUT2D eigenvalue weighted by Gasteiger charge is 2.44. The number of halogens is 1. The summed E-state index contributed by atoms with van der Waals surface area (Å²) in [4.78, 5) is 14.2. The van der Waals surface area contributed by atoms with Gasteiger partial charge in [0.1, 0.15) is 10.5 Å². The molecule has 1 fully saturated rings. The van der Waals surface area contributed by atoms with Gasteiger partial charge >= 0.3 is 5.97 Å². The van der Waals surface area contributed by atoms with E-state index in [0.29, 0.717) is 30.5 Å². The Balaban J connectivity index is 1.40. The molecular weight excluding hydrogens is 592 g/mol. The van der Waals surface area contributed by atoms with Crippen LogP contribution in [0.4, 0.5) is 5.69 Å². The van der Waals surface area contributed by atoms with Gasteiger partial charge in [-0.1, -0.05) is 29.8 Å². The lowest BCUT2D eigenvalue weighted by Gasteiger charge is -2.45. The molecule has 0 bridgehead atoms. The number of nitrogens with zero attached hydrogens (tertiary/aromatic N) is 1. The maximum absolute atomic E-state index is 12.2. The molecule has 11 heteroatoms. The number of rotatable bonds is 10. The molecule has 234 valence electrons. The number of aliphatic hydroxyl groups excluding tert-OH is 1. The van der Waals surface area contributed by atoms with Crippen LogP contribution in [-0.4, -0.2) is 68.9 Å². The van der Waals surface area contributed by atoms with Crippen molar-refractivity contribution in [3.63, 3.8) is 0 Å². The van der Waals surface area contributed by atoms with Gasteiger partial charge in [-0.05, 0) is 98.7 Å². The summed E-state index contributed by atoms with van der Waals surface area (Å²) in [5, 5.41) is 27.1. The normalized spacial score (nSPS) is 25.7. The molecular formula is C32H41ClN2O7S. The lowest BCUT2D eigenvalue weighted by molar-refractivity contribution is 0.0455. The minimum atomic E-state index is -3.87. The molecule has 0 aromatic heterocycles. The van der Waals surface area contributed by atoms with E-state index >= 15 is 0 Å². The van der Waals surface area contributed by atoms with Crippen LogP contribution in [-0.2, 0) is 26.6 Å². The van der Waals surface area contributed by atoms with Crippen molar-refractivity contribution >= 4 is 33.3 Å². The molecule has 5 atom stereocenters. The van der Waals surface area contributed by atoms with E-state index < -0.39 is 26.8 Å². The van der Waals surface area contributed by atoms with Gasteiger partial charge in [-0.2, -0.15) is 0 Å². The topological polar surface area (TPSA) is 139 Å². The summed E-state index contributed by atoms with van der Waals surface area (Å²) in [7, 11) is -2.44. The van der Waals surface area contributed by atoms with Gasteiger partial charge in [0.15, 0.2) is 0 Å². The summed E-state index contributed by atoms with van der Waals surface area (Å²) in [6, 6.07) is 11.1. The predicted octanol–water partition coefficient (Wildman–Crippen LogP) is 4.54. The number of carbonyl (C=O) groups is 1. The fourth-order valence-electron chi connectivity index (χ4n) is 6.96. The number of methoxy groups -OCH3 is 1. The highest BCUT2D eigenvalue weighted by Crippen LogP contribution is 2.46. The number of benzene rings is 2.